The first-order valence-electron chi connectivity index (χ1n) is 4.92. The molecule has 0 saturated carbocycles. The van der Waals surface area contributed by atoms with E-state index in [1.165, 1.54) is 11.1 Å². The summed E-state index contributed by atoms with van der Waals surface area (Å²) in [4.78, 5) is 4.14. The zero-order valence-corrected chi connectivity index (χ0v) is 9.08. The van der Waals surface area contributed by atoms with Gasteiger partial charge in [-0.25, -0.2) is 0 Å². The number of hydrogen-bond donors (Lipinski definition) is 1. The van der Waals surface area contributed by atoms with E-state index in [0.717, 1.165) is 6.54 Å². The van der Waals surface area contributed by atoms with Crippen molar-refractivity contribution < 1.29 is 4.74 Å². The van der Waals surface area contributed by atoms with Crippen molar-refractivity contribution in [2.45, 2.75) is 19.9 Å². The molecule has 0 aliphatic rings. The predicted octanol–water partition coefficient (Wildman–Crippen LogP) is 1.69. The van der Waals surface area contributed by atoms with Gasteiger partial charge in [0, 0.05) is 19.5 Å². The zero-order chi connectivity index (χ0) is 10.4. The molecule has 1 atom stereocenters. The Morgan fingerprint density at radius 1 is 1.57 bits per heavy atom. The summed E-state index contributed by atoms with van der Waals surface area (Å²) < 4.78 is 5.18. The lowest BCUT2D eigenvalue weighted by molar-refractivity contribution is 0.167. The van der Waals surface area contributed by atoms with Gasteiger partial charge in [-0.1, -0.05) is 6.92 Å². The standard InChI is InChI=1S/C11H18N2O/c1-4-13-11(8-14-3)10-7-12-6-5-9(10)2/h5-7,11,13H,4,8H2,1-3H3. The summed E-state index contributed by atoms with van der Waals surface area (Å²) in [5, 5.41) is 3.38. The fourth-order valence-corrected chi connectivity index (χ4v) is 1.51. The van der Waals surface area contributed by atoms with Gasteiger partial charge in [-0.05, 0) is 30.7 Å². The summed E-state index contributed by atoms with van der Waals surface area (Å²) in [5.41, 5.74) is 2.47. The van der Waals surface area contributed by atoms with Crippen molar-refractivity contribution in [3.05, 3.63) is 29.6 Å². The smallest absolute Gasteiger partial charge is 0.0658 e. The molecule has 0 aliphatic heterocycles. The van der Waals surface area contributed by atoms with Crippen LogP contribution in [-0.2, 0) is 4.74 Å². The minimum atomic E-state index is 0.249. The number of pyridine rings is 1. The molecule has 0 saturated heterocycles. The lowest BCUT2D eigenvalue weighted by atomic mass is 10.0. The second-order valence-corrected chi connectivity index (χ2v) is 3.30. The molecule has 0 amide bonds. The number of rotatable bonds is 5. The lowest BCUT2D eigenvalue weighted by Crippen LogP contribution is -2.25. The van der Waals surface area contributed by atoms with Crippen molar-refractivity contribution in [2.75, 3.05) is 20.3 Å². The first-order valence-corrected chi connectivity index (χ1v) is 4.92. The molecule has 0 fully saturated rings. The second kappa shape index (κ2) is 5.73. The van der Waals surface area contributed by atoms with E-state index >= 15 is 0 Å². The fraction of sp³-hybridized carbons (Fsp3) is 0.545. The molecule has 3 nitrogen and oxygen atoms in total. The van der Waals surface area contributed by atoms with Crippen molar-refractivity contribution in [3.8, 4) is 0 Å². The summed E-state index contributed by atoms with van der Waals surface area (Å²) in [5.74, 6) is 0. The van der Waals surface area contributed by atoms with Crippen LogP contribution in [0.3, 0.4) is 0 Å². The highest BCUT2D eigenvalue weighted by molar-refractivity contribution is 5.25. The van der Waals surface area contributed by atoms with Crippen LogP contribution in [0.15, 0.2) is 18.5 Å². The van der Waals surface area contributed by atoms with E-state index < -0.39 is 0 Å². The molecule has 78 valence electrons. The first-order chi connectivity index (χ1) is 6.79. The Balaban J connectivity index is 2.81. The minimum Gasteiger partial charge on any atom is -0.383 e. The van der Waals surface area contributed by atoms with E-state index in [1.54, 1.807) is 7.11 Å². The van der Waals surface area contributed by atoms with Gasteiger partial charge in [-0.15, -0.1) is 0 Å². The molecule has 14 heavy (non-hydrogen) atoms. The van der Waals surface area contributed by atoms with E-state index in [4.69, 9.17) is 4.74 Å². The predicted molar refractivity (Wildman–Crippen MR) is 57.3 cm³/mol. The molecule has 0 aromatic carbocycles. The molecule has 1 aromatic heterocycles. The molecule has 0 spiro atoms. The molecule has 1 rings (SSSR count). The third kappa shape index (κ3) is 2.79. The number of aromatic nitrogens is 1. The van der Waals surface area contributed by atoms with Gasteiger partial charge in [0.2, 0.25) is 0 Å². The number of hydrogen-bond acceptors (Lipinski definition) is 3. The van der Waals surface area contributed by atoms with Crippen LogP contribution in [-0.4, -0.2) is 25.2 Å². The molecular weight excluding hydrogens is 176 g/mol. The van der Waals surface area contributed by atoms with Crippen LogP contribution >= 0.6 is 0 Å². The van der Waals surface area contributed by atoms with Crippen LogP contribution in [0.1, 0.15) is 24.1 Å². The Hall–Kier alpha value is -0.930. The van der Waals surface area contributed by atoms with Crippen LogP contribution in [0, 0.1) is 6.92 Å². The molecule has 1 aromatic rings. The normalized spacial score (nSPS) is 12.8. The van der Waals surface area contributed by atoms with Gasteiger partial charge >= 0.3 is 0 Å². The minimum absolute atomic E-state index is 0.249. The van der Waals surface area contributed by atoms with Crippen LogP contribution in [0.5, 0.6) is 0 Å². The monoisotopic (exact) mass is 194 g/mol. The highest BCUT2D eigenvalue weighted by Gasteiger charge is 2.11. The van der Waals surface area contributed by atoms with Gasteiger partial charge in [0.15, 0.2) is 0 Å². The molecule has 0 aliphatic carbocycles. The van der Waals surface area contributed by atoms with Gasteiger partial charge in [0.1, 0.15) is 0 Å². The largest absolute Gasteiger partial charge is 0.383 e. The third-order valence-corrected chi connectivity index (χ3v) is 2.24. The van der Waals surface area contributed by atoms with Gasteiger partial charge in [-0.3, -0.25) is 4.98 Å². The Labute approximate surface area is 85.5 Å². The van der Waals surface area contributed by atoms with E-state index in [-0.39, 0.29) is 6.04 Å². The van der Waals surface area contributed by atoms with Crippen LogP contribution in [0.2, 0.25) is 0 Å². The quantitative estimate of drug-likeness (QED) is 0.774. The molecule has 0 radical (unpaired) electrons. The molecule has 1 heterocycles. The van der Waals surface area contributed by atoms with Crippen molar-refractivity contribution >= 4 is 0 Å². The molecule has 0 bridgehead atoms. The van der Waals surface area contributed by atoms with Gasteiger partial charge < -0.3 is 10.1 Å². The zero-order valence-electron chi connectivity index (χ0n) is 9.08. The molecular formula is C11H18N2O. The van der Waals surface area contributed by atoms with Crippen LogP contribution in [0.25, 0.3) is 0 Å². The average Bonchev–Trinajstić information content (AvgIpc) is 2.18. The number of methoxy groups -OCH3 is 1. The SMILES string of the molecule is CCNC(COC)c1cnccc1C. The number of likely N-dealkylation sites (N-methyl/N-ethyl adjacent to an activating group) is 1. The van der Waals surface area contributed by atoms with Gasteiger partial charge in [0.05, 0.1) is 12.6 Å². The highest BCUT2D eigenvalue weighted by atomic mass is 16.5. The lowest BCUT2D eigenvalue weighted by Gasteiger charge is -2.18. The summed E-state index contributed by atoms with van der Waals surface area (Å²) in [6, 6.07) is 2.27. The highest BCUT2D eigenvalue weighted by Crippen LogP contribution is 2.15. The molecule has 1 N–H and O–H groups in total. The van der Waals surface area contributed by atoms with E-state index in [0.29, 0.717) is 6.61 Å². The maximum atomic E-state index is 5.18. The Morgan fingerprint density at radius 3 is 2.93 bits per heavy atom. The van der Waals surface area contributed by atoms with Gasteiger partial charge in [0.25, 0.3) is 0 Å². The summed E-state index contributed by atoms with van der Waals surface area (Å²) in [6.45, 7) is 5.80. The summed E-state index contributed by atoms with van der Waals surface area (Å²) >= 11 is 0. The maximum absolute atomic E-state index is 5.18. The Kier molecular flexibility index (Phi) is 4.56. The Bertz CT molecular complexity index is 270. The van der Waals surface area contributed by atoms with E-state index in [2.05, 4.69) is 24.1 Å². The average molecular weight is 194 g/mol. The first kappa shape index (κ1) is 11.1. The van der Waals surface area contributed by atoms with E-state index in [9.17, 15) is 0 Å². The fourth-order valence-electron chi connectivity index (χ4n) is 1.51. The number of nitrogens with one attached hydrogen (secondary N) is 1. The number of aryl methyl sites for hydroxylation is 1. The third-order valence-electron chi connectivity index (χ3n) is 2.24. The van der Waals surface area contributed by atoms with Crippen molar-refractivity contribution in [1.29, 1.82) is 0 Å². The van der Waals surface area contributed by atoms with Crippen molar-refractivity contribution in [2.24, 2.45) is 0 Å². The van der Waals surface area contributed by atoms with Crippen molar-refractivity contribution in [1.82, 2.24) is 10.3 Å². The van der Waals surface area contributed by atoms with Crippen LogP contribution < -0.4 is 5.32 Å². The van der Waals surface area contributed by atoms with E-state index in [1.807, 2.05) is 18.5 Å². The maximum Gasteiger partial charge on any atom is 0.0658 e. The van der Waals surface area contributed by atoms with Crippen molar-refractivity contribution in [3.63, 3.8) is 0 Å². The van der Waals surface area contributed by atoms with Gasteiger partial charge in [-0.2, -0.15) is 0 Å². The number of nitrogens with zero attached hydrogens (tertiary/aromatic N) is 1. The summed E-state index contributed by atoms with van der Waals surface area (Å²) in [6.07, 6.45) is 3.72. The number of ether oxygens (including phenoxy) is 1. The van der Waals surface area contributed by atoms with Crippen LogP contribution in [0.4, 0.5) is 0 Å². The summed E-state index contributed by atoms with van der Waals surface area (Å²) in [7, 11) is 1.72. The topological polar surface area (TPSA) is 34.1 Å². The molecule has 1 unspecified atom stereocenters. The Morgan fingerprint density at radius 2 is 2.36 bits per heavy atom. The second-order valence-electron chi connectivity index (χ2n) is 3.30. The molecule has 3 heteroatoms.